The Bertz CT molecular complexity index is 705. The molecule has 0 atom stereocenters. The molecule has 4 nitrogen and oxygen atoms in total. The molecule has 1 amide bonds. The van der Waals surface area contributed by atoms with Crippen LogP contribution in [0, 0.1) is 20.8 Å². The Morgan fingerprint density at radius 3 is 2.75 bits per heavy atom. The molecule has 2 heterocycles. The van der Waals surface area contributed by atoms with E-state index in [-0.39, 0.29) is 5.91 Å². The molecule has 0 bridgehead atoms. The monoisotopic (exact) mass is 287 g/mol. The lowest BCUT2D eigenvalue weighted by molar-refractivity contribution is 0.0992. The average Bonchev–Trinajstić information content (AvgIpc) is 2.93. The lowest BCUT2D eigenvalue weighted by atomic mass is 10.1. The Hall–Kier alpha value is -1.88. The van der Waals surface area contributed by atoms with E-state index >= 15 is 0 Å². The van der Waals surface area contributed by atoms with E-state index in [1.165, 1.54) is 16.9 Å². The largest absolute Gasteiger partial charge is 0.398 e. The lowest BCUT2D eigenvalue weighted by Crippen LogP contribution is -2.28. The van der Waals surface area contributed by atoms with Gasteiger partial charge in [0, 0.05) is 17.9 Å². The van der Waals surface area contributed by atoms with Gasteiger partial charge < -0.3 is 10.6 Å². The molecule has 0 spiro atoms. The Labute approximate surface area is 122 Å². The smallest absolute Gasteiger partial charge is 0.270 e. The van der Waals surface area contributed by atoms with Gasteiger partial charge in [0.05, 0.1) is 10.7 Å². The maximum Gasteiger partial charge on any atom is 0.270 e. The molecule has 0 aliphatic carbocycles. The van der Waals surface area contributed by atoms with Crippen LogP contribution in [0.4, 0.5) is 11.4 Å². The third-order valence-electron chi connectivity index (χ3n) is 3.71. The highest BCUT2D eigenvalue weighted by Crippen LogP contribution is 2.34. The highest BCUT2D eigenvalue weighted by atomic mass is 32.1. The number of carbonyl (C=O) groups is 1. The van der Waals surface area contributed by atoms with Gasteiger partial charge >= 0.3 is 0 Å². The van der Waals surface area contributed by atoms with Crippen LogP contribution in [-0.2, 0) is 6.42 Å². The predicted octanol–water partition coefficient (Wildman–Crippen LogP) is 2.85. The van der Waals surface area contributed by atoms with E-state index < -0.39 is 0 Å². The van der Waals surface area contributed by atoms with Gasteiger partial charge in [0.25, 0.3) is 5.91 Å². The van der Waals surface area contributed by atoms with Gasteiger partial charge in [0.1, 0.15) is 4.88 Å². The van der Waals surface area contributed by atoms with E-state index in [0.29, 0.717) is 6.54 Å². The number of amides is 1. The summed E-state index contributed by atoms with van der Waals surface area (Å²) in [6.07, 6.45) is 0.888. The van der Waals surface area contributed by atoms with Gasteiger partial charge in [0.2, 0.25) is 0 Å². The van der Waals surface area contributed by atoms with Gasteiger partial charge in [-0.25, -0.2) is 4.98 Å². The second-order valence-corrected chi connectivity index (χ2v) is 6.39. The summed E-state index contributed by atoms with van der Waals surface area (Å²) in [5, 5.41) is 0.925. The van der Waals surface area contributed by atoms with Crippen molar-refractivity contribution in [3.8, 4) is 0 Å². The molecule has 20 heavy (non-hydrogen) atoms. The number of nitrogens with two attached hydrogens (primary N) is 1. The summed E-state index contributed by atoms with van der Waals surface area (Å²) < 4.78 is 0. The Morgan fingerprint density at radius 1 is 1.35 bits per heavy atom. The number of aromatic nitrogens is 1. The van der Waals surface area contributed by atoms with Crippen molar-refractivity contribution in [3.63, 3.8) is 0 Å². The first-order chi connectivity index (χ1) is 9.47. The third-order valence-corrected chi connectivity index (χ3v) is 4.77. The van der Waals surface area contributed by atoms with Crippen LogP contribution >= 0.6 is 11.3 Å². The Kier molecular flexibility index (Phi) is 3.01. The fourth-order valence-electron chi connectivity index (χ4n) is 2.64. The first-order valence-corrected chi connectivity index (χ1v) is 7.44. The Morgan fingerprint density at radius 2 is 2.10 bits per heavy atom. The van der Waals surface area contributed by atoms with Crippen molar-refractivity contribution in [2.75, 3.05) is 17.2 Å². The maximum absolute atomic E-state index is 12.7. The van der Waals surface area contributed by atoms with Crippen LogP contribution in [0.15, 0.2) is 12.1 Å². The number of benzene rings is 1. The zero-order valence-corrected chi connectivity index (χ0v) is 12.7. The molecule has 3 rings (SSSR count). The molecule has 0 unspecified atom stereocenters. The minimum Gasteiger partial charge on any atom is -0.398 e. The van der Waals surface area contributed by atoms with E-state index in [1.807, 2.05) is 31.7 Å². The number of hydrogen-bond acceptors (Lipinski definition) is 4. The van der Waals surface area contributed by atoms with Gasteiger partial charge in [-0.2, -0.15) is 0 Å². The summed E-state index contributed by atoms with van der Waals surface area (Å²) in [5.41, 5.74) is 10.7. The second kappa shape index (κ2) is 4.59. The number of carbonyl (C=O) groups excluding carboxylic acids is 1. The van der Waals surface area contributed by atoms with Crippen LogP contribution in [0.5, 0.6) is 0 Å². The summed E-state index contributed by atoms with van der Waals surface area (Å²) in [6.45, 7) is 6.52. The van der Waals surface area contributed by atoms with E-state index in [1.54, 1.807) is 0 Å². The molecule has 2 aromatic rings. The third kappa shape index (κ3) is 1.98. The van der Waals surface area contributed by atoms with E-state index in [9.17, 15) is 4.79 Å². The number of anilines is 2. The van der Waals surface area contributed by atoms with Gasteiger partial charge in [-0.3, -0.25) is 4.79 Å². The van der Waals surface area contributed by atoms with Gasteiger partial charge in [-0.15, -0.1) is 11.3 Å². The summed E-state index contributed by atoms with van der Waals surface area (Å²) >= 11 is 1.46. The van der Waals surface area contributed by atoms with Crippen LogP contribution < -0.4 is 10.6 Å². The molecule has 0 saturated heterocycles. The van der Waals surface area contributed by atoms with Crippen LogP contribution in [0.3, 0.4) is 0 Å². The summed E-state index contributed by atoms with van der Waals surface area (Å²) in [4.78, 5) is 19.6. The highest BCUT2D eigenvalue weighted by Gasteiger charge is 2.28. The normalized spacial score (nSPS) is 13.7. The molecule has 1 aliphatic heterocycles. The number of thiazole rings is 1. The van der Waals surface area contributed by atoms with Crippen molar-refractivity contribution in [3.05, 3.63) is 38.8 Å². The van der Waals surface area contributed by atoms with Crippen molar-refractivity contribution >= 4 is 28.6 Å². The molecule has 5 heteroatoms. The number of aryl methyl sites for hydroxylation is 3. The zero-order valence-electron chi connectivity index (χ0n) is 11.9. The van der Waals surface area contributed by atoms with Crippen molar-refractivity contribution in [2.24, 2.45) is 0 Å². The number of fused-ring (bicyclic) bond motifs is 1. The van der Waals surface area contributed by atoms with Crippen LogP contribution in [0.25, 0.3) is 0 Å². The van der Waals surface area contributed by atoms with Crippen LogP contribution in [-0.4, -0.2) is 17.4 Å². The molecular weight excluding hydrogens is 270 g/mol. The molecule has 1 aromatic carbocycles. The standard InChI is InChI=1S/C15H17N3OS/c1-8-6-11-4-5-18(13(11)7-12(8)16)15(19)14-9(2)17-10(3)20-14/h6-7H,4-5,16H2,1-3H3. The van der Waals surface area contributed by atoms with Crippen molar-refractivity contribution in [1.29, 1.82) is 0 Å². The first-order valence-electron chi connectivity index (χ1n) is 6.62. The van der Waals surface area contributed by atoms with Crippen molar-refractivity contribution in [2.45, 2.75) is 27.2 Å². The molecule has 0 radical (unpaired) electrons. The molecule has 0 saturated carbocycles. The minimum absolute atomic E-state index is 0.0371. The number of nitrogens with zero attached hydrogens (tertiary/aromatic N) is 2. The van der Waals surface area contributed by atoms with E-state index in [2.05, 4.69) is 11.1 Å². The van der Waals surface area contributed by atoms with Crippen LogP contribution in [0.1, 0.15) is 31.5 Å². The number of nitrogen functional groups attached to an aromatic ring is 1. The molecule has 1 aliphatic rings. The SMILES string of the molecule is Cc1nc(C)c(C(=O)N2CCc3cc(C)c(N)cc32)s1. The second-order valence-electron chi connectivity index (χ2n) is 5.19. The lowest BCUT2D eigenvalue weighted by Gasteiger charge is -2.17. The average molecular weight is 287 g/mol. The summed E-state index contributed by atoms with van der Waals surface area (Å²) in [5.74, 6) is 0.0371. The molecule has 104 valence electrons. The van der Waals surface area contributed by atoms with Crippen molar-refractivity contribution < 1.29 is 4.79 Å². The topological polar surface area (TPSA) is 59.2 Å². The van der Waals surface area contributed by atoms with Crippen molar-refractivity contribution in [1.82, 2.24) is 4.98 Å². The summed E-state index contributed by atoms with van der Waals surface area (Å²) in [6, 6.07) is 4.00. The molecular formula is C15H17N3OS. The molecule has 2 N–H and O–H groups in total. The fourth-order valence-corrected chi connectivity index (χ4v) is 3.51. The summed E-state index contributed by atoms with van der Waals surface area (Å²) in [7, 11) is 0. The quantitative estimate of drug-likeness (QED) is 0.820. The highest BCUT2D eigenvalue weighted by molar-refractivity contribution is 7.13. The minimum atomic E-state index is 0.0371. The Balaban J connectivity index is 2.01. The van der Waals surface area contributed by atoms with Gasteiger partial charge in [-0.1, -0.05) is 6.07 Å². The maximum atomic E-state index is 12.7. The first kappa shape index (κ1) is 13.1. The van der Waals surface area contributed by atoms with Gasteiger partial charge in [-0.05, 0) is 44.4 Å². The van der Waals surface area contributed by atoms with Crippen LogP contribution in [0.2, 0.25) is 0 Å². The van der Waals surface area contributed by atoms with E-state index in [0.717, 1.165) is 38.9 Å². The number of hydrogen-bond donors (Lipinski definition) is 1. The number of rotatable bonds is 1. The molecule has 1 aromatic heterocycles. The zero-order chi connectivity index (χ0) is 14.4. The van der Waals surface area contributed by atoms with Gasteiger partial charge in [0.15, 0.2) is 0 Å². The predicted molar refractivity (Wildman–Crippen MR) is 82.6 cm³/mol. The van der Waals surface area contributed by atoms with E-state index in [4.69, 9.17) is 5.73 Å². The fraction of sp³-hybridized carbons (Fsp3) is 0.333. The molecule has 0 fully saturated rings.